The van der Waals surface area contributed by atoms with Crippen LogP contribution in [0.3, 0.4) is 0 Å². The normalized spacial score (nSPS) is 13.6. The van der Waals surface area contributed by atoms with Crippen molar-refractivity contribution < 1.29 is 28.1 Å². The zero-order chi connectivity index (χ0) is 25.0. The molecular weight excluding hydrogens is 479 g/mol. The molecule has 2 atom stereocenters. The zero-order valence-electron chi connectivity index (χ0n) is 17.9. The first-order chi connectivity index (χ1) is 16.0. The molecule has 34 heavy (non-hydrogen) atoms. The first-order valence-electron chi connectivity index (χ1n) is 9.99. The number of aliphatic hydroxyl groups is 2. The predicted molar refractivity (Wildman–Crippen MR) is 117 cm³/mol. The molecule has 182 valence electrons. The minimum Gasteiger partial charge on any atom is -0.386 e. The van der Waals surface area contributed by atoms with Crippen LogP contribution in [0.5, 0.6) is 0 Å². The summed E-state index contributed by atoms with van der Waals surface area (Å²) in [6, 6.07) is 11.0. The third-order valence-electron chi connectivity index (χ3n) is 5.04. The van der Waals surface area contributed by atoms with E-state index in [0.717, 1.165) is 23.8 Å². The SMILES string of the molecule is COC(O)[C@@H](O)Cn1c(=O)nc(Cc2cccc(C(F)(F)F)c2)n(Cc2ccc(Cl)cc2)c1=O. The number of hydrogen-bond acceptors (Lipinski definition) is 6. The van der Waals surface area contributed by atoms with E-state index in [1.54, 1.807) is 24.3 Å². The fourth-order valence-electron chi connectivity index (χ4n) is 3.27. The van der Waals surface area contributed by atoms with E-state index >= 15 is 0 Å². The van der Waals surface area contributed by atoms with Crippen LogP contribution in [0.4, 0.5) is 13.2 Å². The molecule has 3 aromatic rings. The summed E-state index contributed by atoms with van der Waals surface area (Å²) in [4.78, 5) is 29.7. The molecule has 1 heterocycles. The Hall–Kier alpha value is -2.99. The van der Waals surface area contributed by atoms with Crippen LogP contribution >= 0.6 is 11.6 Å². The lowest BCUT2D eigenvalue weighted by molar-refractivity contribution is -0.148. The van der Waals surface area contributed by atoms with Crippen molar-refractivity contribution in [3.05, 3.63) is 97.0 Å². The Balaban J connectivity index is 2.08. The Morgan fingerprint density at radius 1 is 1.06 bits per heavy atom. The number of hydrogen-bond donors (Lipinski definition) is 2. The third kappa shape index (κ3) is 6.11. The van der Waals surface area contributed by atoms with Crippen LogP contribution in [-0.2, 0) is 30.4 Å². The summed E-state index contributed by atoms with van der Waals surface area (Å²) in [5.74, 6) is -0.0673. The number of ether oxygens (including phenoxy) is 1. The molecule has 3 rings (SSSR count). The van der Waals surface area contributed by atoms with E-state index in [2.05, 4.69) is 9.72 Å². The molecule has 0 radical (unpaired) electrons. The Bertz CT molecular complexity index is 1260. The van der Waals surface area contributed by atoms with Crippen LogP contribution in [0, 0.1) is 0 Å². The topological polar surface area (TPSA) is 107 Å². The maximum Gasteiger partial charge on any atom is 0.416 e. The van der Waals surface area contributed by atoms with E-state index in [0.29, 0.717) is 15.2 Å². The number of aliphatic hydroxyl groups excluding tert-OH is 2. The van der Waals surface area contributed by atoms with E-state index in [4.69, 9.17) is 11.6 Å². The lowest BCUT2D eigenvalue weighted by Gasteiger charge is -2.19. The van der Waals surface area contributed by atoms with Gasteiger partial charge in [-0.15, -0.1) is 0 Å². The summed E-state index contributed by atoms with van der Waals surface area (Å²) in [6.07, 6.45) is -8.04. The molecule has 0 aliphatic carbocycles. The number of alkyl halides is 3. The van der Waals surface area contributed by atoms with Crippen LogP contribution in [-0.4, -0.2) is 43.8 Å². The highest BCUT2D eigenvalue weighted by molar-refractivity contribution is 6.30. The van der Waals surface area contributed by atoms with Crippen LogP contribution in [0.2, 0.25) is 5.02 Å². The maximum absolute atomic E-state index is 13.2. The Morgan fingerprint density at radius 2 is 1.74 bits per heavy atom. The molecule has 2 aromatic carbocycles. The second-order valence-electron chi connectivity index (χ2n) is 7.48. The lowest BCUT2D eigenvalue weighted by atomic mass is 10.1. The zero-order valence-corrected chi connectivity index (χ0v) is 18.6. The molecule has 8 nitrogen and oxygen atoms in total. The number of nitrogens with zero attached hydrogens (tertiary/aromatic N) is 3. The van der Waals surface area contributed by atoms with Gasteiger partial charge in [-0.2, -0.15) is 18.2 Å². The second-order valence-corrected chi connectivity index (χ2v) is 7.92. The molecule has 2 N–H and O–H groups in total. The summed E-state index contributed by atoms with van der Waals surface area (Å²) in [7, 11) is 1.13. The summed E-state index contributed by atoms with van der Waals surface area (Å²) in [5.41, 5.74) is -1.96. The van der Waals surface area contributed by atoms with Crippen molar-refractivity contribution in [2.24, 2.45) is 0 Å². The molecule has 0 saturated carbocycles. The summed E-state index contributed by atoms with van der Waals surface area (Å²) in [5, 5.41) is 20.1. The van der Waals surface area contributed by atoms with Gasteiger partial charge in [0.05, 0.1) is 18.7 Å². The minimum atomic E-state index is -4.56. The minimum absolute atomic E-state index is 0.0673. The number of methoxy groups -OCH3 is 1. The van der Waals surface area contributed by atoms with Crippen LogP contribution in [0.1, 0.15) is 22.5 Å². The fourth-order valence-corrected chi connectivity index (χ4v) is 3.39. The number of rotatable bonds is 8. The molecule has 1 unspecified atom stereocenters. The molecule has 0 aliphatic rings. The van der Waals surface area contributed by atoms with Gasteiger partial charge in [-0.25, -0.2) is 14.2 Å². The molecule has 0 saturated heterocycles. The molecule has 0 aliphatic heterocycles. The average molecular weight is 500 g/mol. The van der Waals surface area contributed by atoms with Crippen molar-refractivity contribution in [3.63, 3.8) is 0 Å². The van der Waals surface area contributed by atoms with Crippen molar-refractivity contribution in [1.82, 2.24) is 14.1 Å². The molecule has 1 aromatic heterocycles. The molecule has 0 bridgehead atoms. The second kappa shape index (κ2) is 10.5. The molecular formula is C22H21ClF3N3O5. The number of halogens is 4. The summed E-state index contributed by atoms with van der Waals surface area (Å²) in [6.45, 7) is -0.676. The Morgan fingerprint density at radius 3 is 2.35 bits per heavy atom. The maximum atomic E-state index is 13.2. The van der Waals surface area contributed by atoms with Gasteiger partial charge in [0.1, 0.15) is 11.9 Å². The number of benzene rings is 2. The fraction of sp³-hybridized carbons (Fsp3) is 0.318. The van der Waals surface area contributed by atoms with Gasteiger partial charge in [-0.3, -0.25) is 4.57 Å². The van der Waals surface area contributed by atoms with E-state index in [1.165, 1.54) is 12.1 Å². The first-order valence-corrected chi connectivity index (χ1v) is 10.4. The quantitative estimate of drug-likeness (QED) is 0.459. The monoisotopic (exact) mass is 499 g/mol. The van der Waals surface area contributed by atoms with Crippen molar-refractivity contribution >= 4 is 11.6 Å². The van der Waals surface area contributed by atoms with Gasteiger partial charge in [-0.1, -0.05) is 41.9 Å². The van der Waals surface area contributed by atoms with Gasteiger partial charge in [0, 0.05) is 18.6 Å². The number of aromatic nitrogens is 3. The van der Waals surface area contributed by atoms with Crippen molar-refractivity contribution in [2.75, 3.05) is 7.11 Å². The van der Waals surface area contributed by atoms with Gasteiger partial charge < -0.3 is 14.9 Å². The average Bonchev–Trinajstić information content (AvgIpc) is 2.79. The summed E-state index contributed by atoms with van der Waals surface area (Å²) < 4.78 is 45.7. The van der Waals surface area contributed by atoms with Crippen molar-refractivity contribution in [3.8, 4) is 0 Å². The Kier molecular flexibility index (Phi) is 7.93. The van der Waals surface area contributed by atoms with E-state index < -0.39 is 42.1 Å². The van der Waals surface area contributed by atoms with Crippen LogP contribution < -0.4 is 11.4 Å². The standard InChI is InChI=1S/C22H21ClF3N3O5/c1-34-19(31)17(30)12-29-20(32)27-18(10-14-3-2-4-15(9-14)22(24,25)26)28(21(29)33)11-13-5-7-16(23)8-6-13/h2-9,17,19,30-31H,10-12H2,1H3/t17-,19?/m0/s1. The molecule has 0 amide bonds. The van der Waals surface area contributed by atoms with Gasteiger partial charge in [0.2, 0.25) is 0 Å². The smallest absolute Gasteiger partial charge is 0.386 e. The predicted octanol–water partition coefficient (Wildman–Crippen LogP) is 2.04. The Labute approximate surface area is 196 Å². The molecule has 0 fully saturated rings. The van der Waals surface area contributed by atoms with Gasteiger partial charge >= 0.3 is 17.6 Å². The highest BCUT2D eigenvalue weighted by Crippen LogP contribution is 2.29. The van der Waals surface area contributed by atoms with Crippen molar-refractivity contribution in [1.29, 1.82) is 0 Å². The van der Waals surface area contributed by atoms with Crippen LogP contribution in [0.25, 0.3) is 0 Å². The highest BCUT2D eigenvalue weighted by Gasteiger charge is 2.30. The molecule has 12 heteroatoms. The van der Waals surface area contributed by atoms with E-state index in [9.17, 15) is 33.0 Å². The van der Waals surface area contributed by atoms with Gasteiger partial charge in [0.25, 0.3) is 0 Å². The summed E-state index contributed by atoms with van der Waals surface area (Å²) >= 11 is 5.90. The first kappa shape index (κ1) is 25.6. The highest BCUT2D eigenvalue weighted by atomic mass is 35.5. The lowest BCUT2D eigenvalue weighted by Crippen LogP contribution is -2.47. The largest absolute Gasteiger partial charge is 0.416 e. The van der Waals surface area contributed by atoms with E-state index in [1.807, 2.05) is 0 Å². The van der Waals surface area contributed by atoms with Crippen molar-refractivity contribution in [2.45, 2.75) is 38.1 Å². The third-order valence-corrected chi connectivity index (χ3v) is 5.29. The van der Waals surface area contributed by atoms with E-state index in [-0.39, 0.29) is 24.4 Å². The van der Waals surface area contributed by atoms with Crippen LogP contribution in [0.15, 0.2) is 58.1 Å². The van der Waals surface area contributed by atoms with Gasteiger partial charge in [-0.05, 0) is 29.3 Å². The van der Waals surface area contributed by atoms with Gasteiger partial charge in [0.15, 0.2) is 6.29 Å². The molecule has 0 spiro atoms.